The lowest BCUT2D eigenvalue weighted by Gasteiger charge is -2.26. The van der Waals surface area contributed by atoms with Crippen LogP contribution in [0.3, 0.4) is 0 Å². The van der Waals surface area contributed by atoms with Crippen LogP contribution in [-0.2, 0) is 11.3 Å². The van der Waals surface area contributed by atoms with Crippen LogP contribution in [0.4, 0.5) is 0 Å². The predicted octanol–water partition coefficient (Wildman–Crippen LogP) is 2.79. The summed E-state index contributed by atoms with van der Waals surface area (Å²) in [6.07, 6.45) is 1.57. The normalized spacial score (nSPS) is 10.6. The zero-order chi connectivity index (χ0) is 16.8. The van der Waals surface area contributed by atoms with Crippen molar-refractivity contribution in [2.75, 3.05) is 6.61 Å². The quantitative estimate of drug-likeness (QED) is 0.849. The van der Waals surface area contributed by atoms with Gasteiger partial charge in [-0.25, -0.2) is 4.79 Å². The first-order valence-corrected chi connectivity index (χ1v) is 7.25. The van der Waals surface area contributed by atoms with Crippen molar-refractivity contribution in [3.05, 3.63) is 54.0 Å². The highest BCUT2D eigenvalue weighted by molar-refractivity contribution is 5.94. The second-order valence-electron chi connectivity index (χ2n) is 5.32. The predicted molar refractivity (Wildman–Crippen MR) is 83.3 cm³/mol. The number of nitrogens with zero attached hydrogens (tertiary/aromatic N) is 1. The van der Waals surface area contributed by atoms with Gasteiger partial charge in [-0.2, -0.15) is 0 Å². The van der Waals surface area contributed by atoms with E-state index in [9.17, 15) is 9.59 Å². The number of ether oxygens (including phenoxy) is 1. The van der Waals surface area contributed by atoms with Crippen LogP contribution in [0.25, 0.3) is 0 Å². The van der Waals surface area contributed by atoms with Gasteiger partial charge in [-0.1, -0.05) is 6.07 Å². The summed E-state index contributed by atoms with van der Waals surface area (Å²) in [5.74, 6) is -0.189. The molecule has 0 aliphatic rings. The van der Waals surface area contributed by atoms with Gasteiger partial charge in [0.2, 0.25) is 0 Å². The maximum absolute atomic E-state index is 12.7. The number of benzene rings is 1. The van der Waals surface area contributed by atoms with Gasteiger partial charge >= 0.3 is 5.97 Å². The summed E-state index contributed by atoms with van der Waals surface area (Å²) in [4.78, 5) is 24.9. The summed E-state index contributed by atoms with van der Waals surface area (Å²) in [5.41, 5.74) is 0.438. The standard InChI is InChI=1S/C17H19NO5/c1-12(2)18(10-15-7-4-8-22-15)17(21)13-5-3-6-14(9-13)23-11-16(19)20/h3-9,12H,10-11H2,1-2H3,(H,19,20). The van der Waals surface area contributed by atoms with Gasteiger partial charge in [0.1, 0.15) is 11.5 Å². The Bertz CT molecular complexity index is 663. The second-order valence-corrected chi connectivity index (χ2v) is 5.32. The molecule has 0 saturated carbocycles. The Morgan fingerprint density at radius 3 is 2.65 bits per heavy atom. The molecule has 1 heterocycles. The molecule has 6 heteroatoms. The Kier molecular flexibility index (Phi) is 5.41. The number of amides is 1. The third-order valence-corrected chi connectivity index (χ3v) is 3.23. The van der Waals surface area contributed by atoms with E-state index in [0.29, 0.717) is 23.6 Å². The van der Waals surface area contributed by atoms with E-state index in [0.717, 1.165) is 0 Å². The monoisotopic (exact) mass is 317 g/mol. The summed E-state index contributed by atoms with van der Waals surface area (Å²) in [6.45, 7) is 3.76. The summed E-state index contributed by atoms with van der Waals surface area (Å²) in [7, 11) is 0. The van der Waals surface area contributed by atoms with E-state index in [2.05, 4.69) is 0 Å². The van der Waals surface area contributed by atoms with Crippen LogP contribution < -0.4 is 4.74 Å². The van der Waals surface area contributed by atoms with Gasteiger partial charge in [0, 0.05) is 11.6 Å². The highest BCUT2D eigenvalue weighted by Crippen LogP contribution is 2.18. The Morgan fingerprint density at radius 1 is 1.26 bits per heavy atom. The Balaban J connectivity index is 2.15. The molecule has 0 spiro atoms. The first kappa shape index (κ1) is 16.6. The smallest absolute Gasteiger partial charge is 0.341 e. The summed E-state index contributed by atoms with van der Waals surface area (Å²) < 4.78 is 10.4. The van der Waals surface area contributed by atoms with E-state index in [-0.39, 0.29) is 11.9 Å². The minimum absolute atomic E-state index is 0.0174. The molecule has 2 rings (SSSR count). The van der Waals surface area contributed by atoms with Crippen molar-refractivity contribution < 1.29 is 23.8 Å². The highest BCUT2D eigenvalue weighted by Gasteiger charge is 2.20. The molecule has 0 fully saturated rings. The van der Waals surface area contributed by atoms with Crippen LogP contribution in [-0.4, -0.2) is 34.5 Å². The van der Waals surface area contributed by atoms with Crippen LogP contribution in [0.15, 0.2) is 47.1 Å². The van der Waals surface area contributed by atoms with Crippen LogP contribution in [0.5, 0.6) is 5.75 Å². The molecule has 1 aromatic carbocycles. The molecule has 1 amide bonds. The van der Waals surface area contributed by atoms with Crippen molar-refractivity contribution in [3.63, 3.8) is 0 Å². The van der Waals surface area contributed by atoms with Crippen molar-refractivity contribution in [1.29, 1.82) is 0 Å². The lowest BCUT2D eigenvalue weighted by atomic mass is 10.1. The number of carboxylic acid groups (broad SMARTS) is 1. The van der Waals surface area contributed by atoms with Gasteiger partial charge in [0.05, 0.1) is 12.8 Å². The average Bonchev–Trinajstić information content (AvgIpc) is 3.03. The maximum Gasteiger partial charge on any atom is 0.341 e. The largest absolute Gasteiger partial charge is 0.482 e. The minimum atomic E-state index is -1.07. The Labute approximate surface area is 134 Å². The number of carbonyl (C=O) groups excluding carboxylic acids is 1. The van der Waals surface area contributed by atoms with E-state index in [1.165, 1.54) is 0 Å². The average molecular weight is 317 g/mol. The van der Waals surface area contributed by atoms with Crippen molar-refractivity contribution in [3.8, 4) is 5.75 Å². The van der Waals surface area contributed by atoms with E-state index in [1.807, 2.05) is 19.9 Å². The molecule has 0 atom stereocenters. The Hall–Kier alpha value is -2.76. The second kappa shape index (κ2) is 7.49. The SMILES string of the molecule is CC(C)N(Cc1ccco1)C(=O)c1cccc(OCC(=O)O)c1. The van der Waals surface area contributed by atoms with Gasteiger partial charge in [0.15, 0.2) is 6.61 Å². The van der Waals surface area contributed by atoms with Crippen LogP contribution in [0.2, 0.25) is 0 Å². The fourth-order valence-corrected chi connectivity index (χ4v) is 2.09. The van der Waals surface area contributed by atoms with Gasteiger partial charge in [-0.15, -0.1) is 0 Å². The number of carboxylic acids is 1. The molecule has 1 aromatic heterocycles. The molecular weight excluding hydrogens is 298 g/mol. The summed E-state index contributed by atoms with van der Waals surface area (Å²) in [6, 6.07) is 10.1. The van der Waals surface area contributed by atoms with Crippen molar-refractivity contribution >= 4 is 11.9 Å². The van der Waals surface area contributed by atoms with Gasteiger partial charge < -0.3 is 19.2 Å². The van der Waals surface area contributed by atoms with Gasteiger partial charge in [0.25, 0.3) is 5.91 Å². The third-order valence-electron chi connectivity index (χ3n) is 3.23. The number of aliphatic carboxylic acids is 1. The fraction of sp³-hybridized carbons (Fsp3) is 0.294. The number of carbonyl (C=O) groups is 2. The van der Waals surface area contributed by atoms with Crippen LogP contribution in [0.1, 0.15) is 30.0 Å². The lowest BCUT2D eigenvalue weighted by molar-refractivity contribution is -0.139. The lowest BCUT2D eigenvalue weighted by Crippen LogP contribution is -2.36. The molecule has 0 aliphatic carbocycles. The molecule has 122 valence electrons. The first-order valence-electron chi connectivity index (χ1n) is 7.25. The number of hydrogen-bond donors (Lipinski definition) is 1. The molecular formula is C17H19NO5. The topological polar surface area (TPSA) is 80.0 Å². The highest BCUT2D eigenvalue weighted by atomic mass is 16.5. The first-order chi connectivity index (χ1) is 11.0. The zero-order valence-electron chi connectivity index (χ0n) is 13.1. The minimum Gasteiger partial charge on any atom is -0.482 e. The molecule has 1 N–H and O–H groups in total. The maximum atomic E-state index is 12.7. The van der Waals surface area contributed by atoms with E-state index in [1.54, 1.807) is 41.5 Å². The molecule has 2 aromatic rings. The molecule has 0 bridgehead atoms. The molecule has 0 radical (unpaired) electrons. The van der Waals surface area contributed by atoms with Crippen LogP contribution >= 0.6 is 0 Å². The number of hydrogen-bond acceptors (Lipinski definition) is 4. The van der Waals surface area contributed by atoms with E-state index < -0.39 is 12.6 Å². The fourth-order valence-electron chi connectivity index (χ4n) is 2.09. The Morgan fingerprint density at radius 2 is 2.04 bits per heavy atom. The van der Waals surface area contributed by atoms with E-state index in [4.69, 9.17) is 14.3 Å². The van der Waals surface area contributed by atoms with E-state index >= 15 is 0 Å². The molecule has 0 aliphatic heterocycles. The molecule has 0 saturated heterocycles. The van der Waals surface area contributed by atoms with Gasteiger partial charge in [-0.3, -0.25) is 4.79 Å². The number of rotatable bonds is 7. The summed E-state index contributed by atoms with van der Waals surface area (Å²) >= 11 is 0. The molecule has 23 heavy (non-hydrogen) atoms. The van der Waals surface area contributed by atoms with Crippen molar-refractivity contribution in [2.24, 2.45) is 0 Å². The molecule has 6 nitrogen and oxygen atoms in total. The van der Waals surface area contributed by atoms with Crippen molar-refractivity contribution in [2.45, 2.75) is 26.4 Å². The van der Waals surface area contributed by atoms with Gasteiger partial charge in [-0.05, 0) is 44.2 Å². The van der Waals surface area contributed by atoms with Crippen LogP contribution in [0, 0.1) is 0 Å². The third kappa shape index (κ3) is 4.60. The zero-order valence-corrected chi connectivity index (χ0v) is 13.1. The summed E-state index contributed by atoms with van der Waals surface area (Å²) in [5, 5.41) is 8.65. The van der Waals surface area contributed by atoms with Crippen molar-refractivity contribution in [1.82, 2.24) is 4.90 Å². The number of furan rings is 1. The molecule has 0 unspecified atom stereocenters.